The molecular formula is C16H21N3O2. The summed E-state index contributed by atoms with van der Waals surface area (Å²) in [6.07, 6.45) is 4.77. The topological polar surface area (TPSA) is 56.2 Å². The molecule has 0 spiro atoms. The summed E-state index contributed by atoms with van der Waals surface area (Å²) in [6, 6.07) is 10.0. The summed E-state index contributed by atoms with van der Waals surface area (Å²) in [5.74, 6) is 0.880. The van der Waals surface area contributed by atoms with Crippen LogP contribution in [0.25, 0.3) is 0 Å². The van der Waals surface area contributed by atoms with Crippen LogP contribution in [-0.4, -0.2) is 22.1 Å². The monoisotopic (exact) mass is 287 g/mol. The van der Waals surface area contributed by atoms with E-state index < -0.39 is 0 Å². The first-order chi connectivity index (χ1) is 10.3. The van der Waals surface area contributed by atoms with Crippen molar-refractivity contribution in [3.05, 3.63) is 54.1 Å². The molecule has 1 heterocycles. The van der Waals surface area contributed by atoms with Crippen LogP contribution >= 0.6 is 0 Å². The van der Waals surface area contributed by atoms with E-state index in [-0.39, 0.29) is 5.91 Å². The van der Waals surface area contributed by atoms with Gasteiger partial charge in [-0.15, -0.1) is 0 Å². The fourth-order valence-corrected chi connectivity index (χ4v) is 1.93. The van der Waals surface area contributed by atoms with Crippen LogP contribution < -0.4 is 5.32 Å². The van der Waals surface area contributed by atoms with Gasteiger partial charge in [0.1, 0.15) is 5.82 Å². The van der Waals surface area contributed by atoms with Crippen LogP contribution in [0.4, 0.5) is 0 Å². The van der Waals surface area contributed by atoms with Gasteiger partial charge in [0, 0.05) is 32.5 Å². The Morgan fingerprint density at radius 2 is 2.14 bits per heavy atom. The van der Waals surface area contributed by atoms with Crippen LogP contribution in [0.1, 0.15) is 24.2 Å². The molecule has 2 aromatic rings. The molecule has 1 amide bonds. The second-order valence-electron chi connectivity index (χ2n) is 4.87. The predicted octanol–water partition coefficient (Wildman–Crippen LogP) is 2.03. The molecule has 0 bridgehead atoms. The molecule has 21 heavy (non-hydrogen) atoms. The molecule has 1 aromatic carbocycles. The van der Waals surface area contributed by atoms with Gasteiger partial charge in [-0.2, -0.15) is 0 Å². The Balaban J connectivity index is 1.54. The molecule has 0 fully saturated rings. The number of aryl methyl sites for hydroxylation is 1. The Morgan fingerprint density at radius 3 is 2.86 bits per heavy atom. The Kier molecular flexibility index (Phi) is 5.97. The molecule has 0 saturated carbocycles. The summed E-state index contributed by atoms with van der Waals surface area (Å²) in [5, 5.41) is 2.86. The summed E-state index contributed by atoms with van der Waals surface area (Å²) in [7, 11) is 1.91. The number of amides is 1. The summed E-state index contributed by atoms with van der Waals surface area (Å²) < 4.78 is 7.44. The molecule has 0 atom stereocenters. The fourth-order valence-electron chi connectivity index (χ4n) is 1.93. The van der Waals surface area contributed by atoms with Crippen molar-refractivity contribution in [2.45, 2.75) is 26.0 Å². The zero-order valence-corrected chi connectivity index (χ0v) is 12.3. The first-order valence-electron chi connectivity index (χ1n) is 7.10. The number of rotatable bonds is 8. The fraction of sp³-hybridized carbons (Fsp3) is 0.375. The number of carbonyl (C=O) groups excluding carboxylic acids is 1. The second kappa shape index (κ2) is 8.21. The minimum Gasteiger partial charge on any atom is -0.377 e. The van der Waals surface area contributed by atoms with E-state index in [1.54, 1.807) is 6.20 Å². The van der Waals surface area contributed by atoms with E-state index in [1.165, 1.54) is 0 Å². The van der Waals surface area contributed by atoms with Gasteiger partial charge in [0.05, 0.1) is 13.2 Å². The van der Waals surface area contributed by atoms with E-state index >= 15 is 0 Å². The van der Waals surface area contributed by atoms with Crippen LogP contribution in [-0.2, 0) is 29.7 Å². The average molecular weight is 287 g/mol. The summed E-state index contributed by atoms with van der Waals surface area (Å²) in [5.41, 5.74) is 1.15. The van der Waals surface area contributed by atoms with Crippen LogP contribution in [0, 0.1) is 0 Å². The van der Waals surface area contributed by atoms with Crippen molar-refractivity contribution in [1.82, 2.24) is 14.9 Å². The number of benzene rings is 1. The van der Waals surface area contributed by atoms with Crippen molar-refractivity contribution in [2.24, 2.45) is 7.05 Å². The largest absolute Gasteiger partial charge is 0.377 e. The SMILES string of the molecule is Cn1ccnc1CNC(=O)CCCOCc1ccccc1. The van der Waals surface area contributed by atoms with E-state index in [2.05, 4.69) is 10.3 Å². The standard InChI is InChI=1S/C16H21N3O2/c1-19-10-9-17-15(19)12-18-16(20)8-5-11-21-13-14-6-3-2-4-7-14/h2-4,6-7,9-10H,5,8,11-13H2,1H3,(H,18,20). The average Bonchev–Trinajstić information content (AvgIpc) is 2.91. The summed E-state index contributed by atoms with van der Waals surface area (Å²) in [6.45, 7) is 1.65. The number of aromatic nitrogens is 2. The zero-order valence-electron chi connectivity index (χ0n) is 12.3. The van der Waals surface area contributed by atoms with E-state index in [9.17, 15) is 4.79 Å². The Morgan fingerprint density at radius 1 is 1.33 bits per heavy atom. The lowest BCUT2D eigenvalue weighted by Gasteiger charge is -2.06. The van der Waals surface area contributed by atoms with Crippen molar-refractivity contribution in [3.63, 3.8) is 0 Å². The van der Waals surface area contributed by atoms with Gasteiger partial charge in [-0.1, -0.05) is 30.3 Å². The van der Waals surface area contributed by atoms with Crippen molar-refractivity contribution in [3.8, 4) is 0 Å². The van der Waals surface area contributed by atoms with E-state index in [1.807, 2.05) is 48.1 Å². The minimum absolute atomic E-state index is 0.0290. The van der Waals surface area contributed by atoms with E-state index in [0.717, 1.165) is 17.8 Å². The number of nitrogens with zero attached hydrogens (tertiary/aromatic N) is 2. The maximum atomic E-state index is 11.7. The number of ether oxygens (including phenoxy) is 1. The number of hydrogen-bond donors (Lipinski definition) is 1. The molecule has 0 saturated heterocycles. The van der Waals surface area contributed by atoms with Gasteiger partial charge in [0.2, 0.25) is 5.91 Å². The Labute approximate surface area is 125 Å². The highest BCUT2D eigenvalue weighted by atomic mass is 16.5. The van der Waals surface area contributed by atoms with Crippen LogP contribution in [0.3, 0.4) is 0 Å². The molecule has 0 aliphatic carbocycles. The zero-order chi connectivity index (χ0) is 14.9. The third-order valence-corrected chi connectivity index (χ3v) is 3.17. The van der Waals surface area contributed by atoms with Crippen LogP contribution in [0.2, 0.25) is 0 Å². The lowest BCUT2D eigenvalue weighted by Crippen LogP contribution is -2.24. The number of imidazole rings is 1. The van der Waals surface area contributed by atoms with Crippen molar-refractivity contribution >= 4 is 5.91 Å². The molecule has 0 unspecified atom stereocenters. The molecule has 0 aliphatic rings. The van der Waals surface area contributed by atoms with Crippen molar-refractivity contribution < 1.29 is 9.53 Å². The Hall–Kier alpha value is -2.14. The molecular weight excluding hydrogens is 266 g/mol. The number of nitrogens with one attached hydrogen (secondary N) is 1. The van der Waals surface area contributed by atoms with Gasteiger partial charge in [-0.05, 0) is 12.0 Å². The highest BCUT2D eigenvalue weighted by molar-refractivity contribution is 5.75. The lowest BCUT2D eigenvalue weighted by molar-refractivity contribution is -0.121. The van der Waals surface area contributed by atoms with Crippen molar-refractivity contribution in [1.29, 1.82) is 0 Å². The number of carbonyl (C=O) groups is 1. The summed E-state index contributed by atoms with van der Waals surface area (Å²) in [4.78, 5) is 15.8. The van der Waals surface area contributed by atoms with E-state index in [0.29, 0.717) is 26.2 Å². The smallest absolute Gasteiger partial charge is 0.220 e. The number of hydrogen-bond acceptors (Lipinski definition) is 3. The first-order valence-corrected chi connectivity index (χ1v) is 7.10. The van der Waals surface area contributed by atoms with Gasteiger partial charge in [0.15, 0.2) is 0 Å². The molecule has 112 valence electrons. The van der Waals surface area contributed by atoms with Crippen LogP contribution in [0.15, 0.2) is 42.7 Å². The first kappa shape index (κ1) is 15.3. The molecule has 0 aliphatic heterocycles. The highest BCUT2D eigenvalue weighted by Crippen LogP contribution is 2.01. The van der Waals surface area contributed by atoms with Gasteiger partial charge >= 0.3 is 0 Å². The van der Waals surface area contributed by atoms with Gasteiger partial charge in [-0.25, -0.2) is 4.98 Å². The van der Waals surface area contributed by atoms with Crippen molar-refractivity contribution in [2.75, 3.05) is 6.61 Å². The third-order valence-electron chi connectivity index (χ3n) is 3.17. The van der Waals surface area contributed by atoms with Gasteiger partial charge in [0.25, 0.3) is 0 Å². The van der Waals surface area contributed by atoms with Gasteiger partial charge in [-0.3, -0.25) is 4.79 Å². The normalized spacial score (nSPS) is 10.5. The third kappa shape index (κ3) is 5.39. The predicted molar refractivity (Wildman–Crippen MR) is 80.4 cm³/mol. The molecule has 2 rings (SSSR count). The molecule has 5 nitrogen and oxygen atoms in total. The molecule has 0 radical (unpaired) electrons. The van der Waals surface area contributed by atoms with E-state index in [4.69, 9.17) is 4.74 Å². The second-order valence-corrected chi connectivity index (χ2v) is 4.87. The Bertz CT molecular complexity index is 552. The molecule has 1 N–H and O–H groups in total. The molecule has 1 aromatic heterocycles. The molecule has 5 heteroatoms. The summed E-state index contributed by atoms with van der Waals surface area (Å²) >= 11 is 0. The maximum absolute atomic E-state index is 11.7. The minimum atomic E-state index is 0.0290. The quantitative estimate of drug-likeness (QED) is 0.756. The van der Waals surface area contributed by atoms with Gasteiger partial charge < -0.3 is 14.6 Å². The highest BCUT2D eigenvalue weighted by Gasteiger charge is 2.04. The maximum Gasteiger partial charge on any atom is 0.220 e. The van der Waals surface area contributed by atoms with Crippen LogP contribution in [0.5, 0.6) is 0 Å². The lowest BCUT2D eigenvalue weighted by atomic mass is 10.2.